The van der Waals surface area contributed by atoms with Gasteiger partial charge in [0.15, 0.2) is 0 Å². The molecule has 2 aromatic heterocycles. The smallest absolute Gasteiger partial charge is 0.323 e. The summed E-state index contributed by atoms with van der Waals surface area (Å²) in [6, 6.07) is 5.55. The number of fused-ring (bicyclic) bond motifs is 1. The zero-order valence-corrected chi connectivity index (χ0v) is 8.64. The lowest BCUT2D eigenvalue weighted by Crippen LogP contribution is -2.28. The Balaban J connectivity index is 2.33. The highest BCUT2D eigenvalue weighted by Gasteiger charge is 2.07. The first-order chi connectivity index (χ1) is 7.18. The van der Waals surface area contributed by atoms with Crippen molar-refractivity contribution in [3.63, 3.8) is 0 Å². The molecule has 0 fully saturated rings. The number of nitrogens with zero attached hydrogens (tertiary/aromatic N) is 3. The van der Waals surface area contributed by atoms with Gasteiger partial charge in [0.1, 0.15) is 0 Å². The molecule has 0 atom stereocenters. The van der Waals surface area contributed by atoms with Gasteiger partial charge in [0.25, 0.3) is 0 Å². The van der Waals surface area contributed by atoms with E-state index in [4.69, 9.17) is 0 Å². The van der Waals surface area contributed by atoms with E-state index < -0.39 is 0 Å². The van der Waals surface area contributed by atoms with Crippen LogP contribution in [0.25, 0.3) is 5.52 Å². The number of carbonyl (C=O) groups is 1. The molecule has 5 nitrogen and oxygen atoms in total. The average molecular weight is 204 g/mol. The molecule has 0 saturated carbocycles. The van der Waals surface area contributed by atoms with Crippen molar-refractivity contribution in [1.82, 2.24) is 14.3 Å². The highest BCUT2D eigenvalue weighted by atomic mass is 16.2. The third-order valence-corrected chi connectivity index (χ3v) is 2.06. The third kappa shape index (κ3) is 1.76. The lowest BCUT2D eigenvalue weighted by atomic mass is 10.4. The Morgan fingerprint density at radius 2 is 2.27 bits per heavy atom. The van der Waals surface area contributed by atoms with Crippen molar-refractivity contribution in [3.8, 4) is 0 Å². The standard InChI is InChI=1S/C10H12N4O/c1-13(2)10(15)12-9-11-7-8-5-3-4-6-14(8)9/h3-7H,1-2H3,(H,11,12,15). The van der Waals surface area contributed by atoms with Crippen LogP contribution in [0.2, 0.25) is 0 Å². The summed E-state index contributed by atoms with van der Waals surface area (Å²) >= 11 is 0. The molecule has 1 N–H and O–H groups in total. The molecule has 0 saturated heterocycles. The van der Waals surface area contributed by atoms with Crippen LogP contribution in [0.5, 0.6) is 0 Å². The molecule has 0 aliphatic heterocycles. The van der Waals surface area contributed by atoms with Crippen LogP contribution in [-0.2, 0) is 0 Å². The molecule has 78 valence electrons. The predicted octanol–water partition coefficient (Wildman–Crippen LogP) is 1.43. The number of amides is 2. The van der Waals surface area contributed by atoms with Gasteiger partial charge in [0.05, 0.1) is 11.7 Å². The zero-order valence-electron chi connectivity index (χ0n) is 8.64. The van der Waals surface area contributed by atoms with Crippen molar-refractivity contribution >= 4 is 17.5 Å². The molecular formula is C10H12N4O. The molecule has 15 heavy (non-hydrogen) atoms. The fraction of sp³-hybridized carbons (Fsp3) is 0.200. The maximum absolute atomic E-state index is 11.4. The fourth-order valence-electron chi connectivity index (χ4n) is 1.24. The largest absolute Gasteiger partial charge is 0.331 e. The van der Waals surface area contributed by atoms with Crippen molar-refractivity contribution in [1.29, 1.82) is 0 Å². The molecule has 0 unspecified atom stereocenters. The second kappa shape index (κ2) is 3.61. The van der Waals surface area contributed by atoms with E-state index in [1.54, 1.807) is 20.3 Å². The summed E-state index contributed by atoms with van der Waals surface area (Å²) < 4.78 is 1.82. The number of imidazole rings is 1. The minimum absolute atomic E-state index is 0.189. The first-order valence-corrected chi connectivity index (χ1v) is 4.59. The molecule has 2 rings (SSSR count). The molecule has 0 aliphatic carbocycles. The lowest BCUT2D eigenvalue weighted by molar-refractivity contribution is 0.230. The Morgan fingerprint density at radius 3 is 3.00 bits per heavy atom. The van der Waals surface area contributed by atoms with Crippen molar-refractivity contribution in [2.24, 2.45) is 0 Å². The van der Waals surface area contributed by atoms with Gasteiger partial charge in [-0.3, -0.25) is 9.72 Å². The molecular weight excluding hydrogens is 192 g/mol. The summed E-state index contributed by atoms with van der Waals surface area (Å²) in [5.41, 5.74) is 0.951. The molecule has 0 radical (unpaired) electrons. The molecule has 2 aromatic rings. The Labute approximate surface area is 87.3 Å². The predicted molar refractivity (Wildman–Crippen MR) is 57.9 cm³/mol. The van der Waals surface area contributed by atoms with Crippen LogP contribution in [-0.4, -0.2) is 34.4 Å². The van der Waals surface area contributed by atoms with Crippen LogP contribution in [0.1, 0.15) is 0 Å². The second-order valence-corrected chi connectivity index (χ2v) is 3.40. The summed E-state index contributed by atoms with van der Waals surface area (Å²) in [5, 5.41) is 2.70. The minimum atomic E-state index is -0.189. The van der Waals surface area contributed by atoms with E-state index in [0.717, 1.165) is 5.52 Å². The molecule has 0 bridgehead atoms. The molecule has 2 heterocycles. The topological polar surface area (TPSA) is 49.6 Å². The molecule has 2 amide bonds. The van der Waals surface area contributed by atoms with Crippen LogP contribution < -0.4 is 5.32 Å². The third-order valence-electron chi connectivity index (χ3n) is 2.06. The Hall–Kier alpha value is -2.04. The van der Waals surface area contributed by atoms with Crippen molar-refractivity contribution in [3.05, 3.63) is 30.6 Å². The summed E-state index contributed by atoms with van der Waals surface area (Å²) in [7, 11) is 3.37. The number of rotatable bonds is 1. The number of aromatic nitrogens is 2. The molecule has 0 aliphatic rings. The Bertz CT molecular complexity index is 489. The van der Waals surface area contributed by atoms with E-state index in [1.807, 2.05) is 28.8 Å². The van der Waals surface area contributed by atoms with Gasteiger partial charge in [-0.2, -0.15) is 0 Å². The highest BCUT2D eigenvalue weighted by Crippen LogP contribution is 2.10. The first-order valence-electron chi connectivity index (χ1n) is 4.59. The Kier molecular flexibility index (Phi) is 2.29. The minimum Gasteiger partial charge on any atom is -0.331 e. The maximum Gasteiger partial charge on any atom is 0.323 e. The lowest BCUT2D eigenvalue weighted by Gasteiger charge is -2.10. The number of urea groups is 1. The van der Waals surface area contributed by atoms with Gasteiger partial charge in [-0.25, -0.2) is 9.78 Å². The second-order valence-electron chi connectivity index (χ2n) is 3.40. The van der Waals surface area contributed by atoms with E-state index in [2.05, 4.69) is 10.3 Å². The van der Waals surface area contributed by atoms with Crippen LogP contribution in [0.4, 0.5) is 10.7 Å². The molecule has 0 aromatic carbocycles. The number of anilines is 1. The van der Waals surface area contributed by atoms with Gasteiger partial charge in [-0.05, 0) is 12.1 Å². The van der Waals surface area contributed by atoms with Crippen LogP contribution in [0.3, 0.4) is 0 Å². The highest BCUT2D eigenvalue weighted by molar-refractivity contribution is 5.87. The van der Waals surface area contributed by atoms with Gasteiger partial charge in [-0.1, -0.05) is 6.07 Å². The van der Waals surface area contributed by atoms with Gasteiger partial charge >= 0.3 is 6.03 Å². The maximum atomic E-state index is 11.4. The summed E-state index contributed by atoms with van der Waals surface area (Å²) in [6.07, 6.45) is 3.57. The van der Waals surface area contributed by atoms with E-state index in [1.165, 1.54) is 4.90 Å². The monoisotopic (exact) mass is 204 g/mol. The number of pyridine rings is 1. The van der Waals surface area contributed by atoms with E-state index in [0.29, 0.717) is 5.95 Å². The quantitative estimate of drug-likeness (QED) is 0.763. The first kappa shape index (κ1) is 9.51. The summed E-state index contributed by atoms with van der Waals surface area (Å²) in [4.78, 5) is 17.0. The molecule has 5 heteroatoms. The summed E-state index contributed by atoms with van der Waals surface area (Å²) in [5.74, 6) is 0.532. The van der Waals surface area contributed by atoms with Crippen LogP contribution >= 0.6 is 0 Å². The van der Waals surface area contributed by atoms with Crippen molar-refractivity contribution in [2.45, 2.75) is 0 Å². The number of hydrogen-bond acceptors (Lipinski definition) is 2. The van der Waals surface area contributed by atoms with Crippen LogP contribution in [0.15, 0.2) is 30.6 Å². The Morgan fingerprint density at radius 1 is 1.47 bits per heavy atom. The average Bonchev–Trinajstić information content (AvgIpc) is 2.62. The van der Waals surface area contributed by atoms with Gasteiger partial charge in [0, 0.05) is 20.3 Å². The normalized spacial score (nSPS) is 10.3. The fourth-order valence-corrected chi connectivity index (χ4v) is 1.24. The summed E-state index contributed by atoms with van der Waals surface area (Å²) in [6.45, 7) is 0. The molecule has 0 spiro atoms. The number of carbonyl (C=O) groups excluding carboxylic acids is 1. The number of hydrogen-bond donors (Lipinski definition) is 1. The zero-order chi connectivity index (χ0) is 10.8. The van der Waals surface area contributed by atoms with Gasteiger partial charge in [-0.15, -0.1) is 0 Å². The van der Waals surface area contributed by atoms with E-state index >= 15 is 0 Å². The van der Waals surface area contributed by atoms with Crippen LogP contribution in [0, 0.1) is 0 Å². The van der Waals surface area contributed by atoms with Gasteiger partial charge < -0.3 is 4.90 Å². The van der Waals surface area contributed by atoms with Crippen molar-refractivity contribution < 1.29 is 4.79 Å². The van der Waals surface area contributed by atoms with Crippen molar-refractivity contribution in [2.75, 3.05) is 19.4 Å². The van der Waals surface area contributed by atoms with Gasteiger partial charge in [0.2, 0.25) is 5.95 Å². The van der Waals surface area contributed by atoms with E-state index in [9.17, 15) is 4.79 Å². The number of nitrogens with one attached hydrogen (secondary N) is 1. The SMILES string of the molecule is CN(C)C(=O)Nc1ncc2ccccn12. The van der Waals surface area contributed by atoms with E-state index in [-0.39, 0.29) is 6.03 Å².